The van der Waals surface area contributed by atoms with Crippen molar-refractivity contribution in [1.29, 1.82) is 0 Å². The second-order valence-electron chi connectivity index (χ2n) is 6.89. The number of rotatable bonds is 4. The summed E-state index contributed by atoms with van der Waals surface area (Å²) in [4.78, 5) is 22.4. The van der Waals surface area contributed by atoms with Gasteiger partial charge in [0.25, 0.3) is 5.91 Å². The van der Waals surface area contributed by atoms with Gasteiger partial charge in [-0.3, -0.25) is 4.79 Å². The Morgan fingerprint density at radius 2 is 2.00 bits per heavy atom. The SMILES string of the molecule is O=C(c1cnc2c(c1)ncn2CCc1ccccc1)N1CCOC(C(F)(F)F)C1. The van der Waals surface area contributed by atoms with Crippen LogP contribution in [-0.2, 0) is 17.7 Å². The van der Waals surface area contributed by atoms with E-state index in [1.807, 2.05) is 34.9 Å². The van der Waals surface area contributed by atoms with E-state index >= 15 is 0 Å². The van der Waals surface area contributed by atoms with Gasteiger partial charge in [0, 0.05) is 19.3 Å². The van der Waals surface area contributed by atoms with Gasteiger partial charge >= 0.3 is 6.18 Å². The molecule has 1 unspecified atom stereocenters. The van der Waals surface area contributed by atoms with Crippen LogP contribution in [0, 0.1) is 0 Å². The number of hydrogen-bond acceptors (Lipinski definition) is 4. The van der Waals surface area contributed by atoms with Crippen molar-refractivity contribution >= 4 is 17.1 Å². The summed E-state index contributed by atoms with van der Waals surface area (Å²) in [6, 6.07) is 11.6. The molecule has 4 rings (SSSR count). The van der Waals surface area contributed by atoms with Crippen molar-refractivity contribution in [3.8, 4) is 0 Å². The molecular weight excluding hydrogens is 385 g/mol. The van der Waals surface area contributed by atoms with Gasteiger partial charge in [-0.15, -0.1) is 0 Å². The molecule has 0 N–H and O–H groups in total. The van der Waals surface area contributed by atoms with E-state index in [1.165, 1.54) is 11.8 Å². The van der Waals surface area contributed by atoms with E-state index in [9.17, 15) is 18.0 Å². The van der Waals surface area contributed by atoms with Crippen LogP contribution in [0.1, 0.15) is 15.9 Å². The van der Waals surface area contributed by atoms with Crippen LogP contribution in [0.15, 0.2) is 48.9 Å². The van der Waals surface area contributed by atoms with Crippen LogP contribution in [-0.4, -0.2) is 57.3 Å². The zero-order valence-electron chi connectivity index (χ0n) is 15.5. The van der Waals surface area contributed by atoms with Crippen molar-refractivity contribution in [2.24, 2.45) is 0 Å². The van der Waals surface area contributed by atoms with E-state index in [4.69, 9.17) is 4.74 Å². The molecule has 1 atom stereocenters. The predicted molar refractivity (Wildman–Crippen MR) is 99.4 cm³/mol. The predicted octanol–water partition coefficient (Wildman–Crippen LogP) is 3.08. The highest BCUT2D eigenvalue weighted by atomic mass is 19.4. The Bertz CT molecular complexity index is 1000. The molecule has 1 aliphatic heterocycles. The van der Waals surface area contributed by atoms with E-state index in [1.54, 1.807) is 12.4 Å². The van der Waals surface area contributed by atoms with Gasteiger partial charge in [-0.1, -0.05) is 30.3 Å². The van der Waals surface area contributed by atoms with Gasteiger partial charge in [0.2, 0.25) is 0 Å². The van der Waals surface area contributed by atoms with Gasteiger partial charge < -0.3 is 14.2 Å². The van der Waals surface area contributed by atoms with Crippen LogP contribution in [0.4, 0.5) is 13.2 Å². The number of carbonyl (C=O) groups excluding carboxylic acids is 1. The van der Waals surface area contributed by atoms with Gasteiger partial charge in [-0.2, -0.15) is 13.2 Å². The molecule has 0 saturated carbocycles. The molecule has 1 saturated heterocycles. The Morgan fingerprint density at radius 1 is 1.21 bits per heavy atom. The number of hydrogen-bond donors (Lipinski definition) is 0. The number of aryl methyl sites for hydroxylation is 2. The van der Waals surface area contributed by atoms with Crippen LogP contribution in [0.5, 0.6) is 0 Å². The molecule has 3 heterocycles. The maximum atomic E-state index is 12.9. The maximum Gasteiger partial charge on any atom is 0.416 e. The lowest BCUT2D eigenvalue weighted by Gasteiger charge is -2.33. The van der Waals surface area contributed by atoms with Gasteiger partial charge in [-0.25, -0.2) is 9.97 Å². The summed E-state index contributed by atoms with van der Waals surface area (Å²) >= 11 is 0. The third kappa shape index (κ3) is 4.24. The standard InChI is InChI=1S/C20H19F3N4O2/c21-20(22,23)17-12-26(8-9-29-17)19(28)15-10-16-18(24-11-15)27(13-25-16)7-6-14-4-2-1-3-5-14/h1-5,10-11,13,17H,6-9,12H2. The fourth-order valence-electron chi connectivity index (χ4n) is 3.34. The van der Waals surface area contributed by atoms with Gasteiger partial charge in [0.1, 0.15) is 5.52 Å². The van der Waals surface area contributed by atoms with Crippen molar-refractivity contribution < 1.29 is 22.7 Å². The number of morpholine rings is 1. The number of aromatic nitrogens is 3. The first kappa shape index (κ1) is 19.4. The quantitative estimate of drug-likeness (QED) is 0.671. The summed E-state index contributed by atoms with van der Waals surface area (Å²) in [5.74, 6) is -0.504. The van der Waals surface area contributed by atoms with Crippen molar-refractivity contribution in [1.82, 2.24) is 19.4 Å². The highest BCUT2D eigenvalue weighted by Gasteiger charge is 2.44. The summed E-state index contributed by atoms with van der Waals surface area (Å²) in [5, 5.41) is 0. The zero-order chi connectivity index (χ0) is 20.4. The Balaban J connectivity index is 1.48. The molecule has 29 heavy (non-hydrogen) atoms. The summed E-state index contributed by atoms with van der Waals surface area (Å²) in [7, 11) is 0. The minimum atomic E-state index is -4.50. The van der Waals surface area contributed by atoms with E-state index in [0.29, 0.717) is 17.7 Å². The average molecular weight is 404 g/mol. The monoisotopic (exact) mass is 404 g/mol. The molecule has 6 nitrogen and oxygen atoms in total. The normalized spacial score (nSPS) is 17.6. The summed E-state index contributed by atoms with van der Waals surface area (Å²) < 4.78 is 45.3. The molecule has 1 fully saturated rings. The van der Waals surface area contributed by atoms with E-state index < -0.39 is 24.7 Å². The molecule has 0 bridgehead atoms. The zero-order valence-corrected chi connectivity index (χ0v) is 15.5. The fourth-order valence-corrected chi connectivity index (χ4v) is 3.34. The summed E-state index contributed by atoms with van der Waals surface area (Å²) in [5.41, 5.74) is 2.57. The molecule has 0 radical (unpaired) electrons. The Hall–Kier alpha value is -2.94. The molecular formula is C20H19F3N4O2. The molecule has 1 aromatic carbocycles. The first-order valence-corrected chi connectivity index (χ1v) is 9.24. The lowest BCUT2D eigenvalue weighted by atomic mass is 10.1. The molecule has 3 aromatic rings. The van der Waals surface area contributed by atoms with Crippen molar-refractivity contribution in [3.63, 3.8) is 0 Å². The molecule has 1 amide bonds. The minimum absolute atomic E-state index is 0.106. The number of nitrogens with zero attached hydrogens (tertiary/aromatic N) is 4. The average Bonchev–Trinajstić information content (AvgIpc) is 3.14. The van der Waals surface area contributed by atoms with Crippen molar-refractivity contribution in [3.05, 3.63) is 60.0 Å². The largest absolute Gasteiger partial charge is 0.416 e. The van der Waals surface area contributed by atoms with Crippen molar-refractivity contribution in [2.75, 3.05) is 19.7 Å². The number of ether oxygens (including phenoxy) is 1. The second kappa shape index (κ2) is 7.82. The third-order valence-corrected chi connectivity index (χ3v) is 4.91. The number of halogens is 3. The van der Waals surface area contributed by atoms with E-state index in [-0.39, 0.29) is 18.7 Å². The lowest BCUT2D eigenvalue weighted by Crippen LogP contribution is -2.51. The number of fused-ring (bicyclic) bond motifs is 1. The van der Waals surface area contributed by atoms with E-state index in [0.717, 1.165) is 11.3 Å². The molecule has 1 aliphatic rings. The molecule has 9 heteroatoms. The Kier molecular flexibility index (Phi) is 5.23. The minimum Gasteiger partial charge on any atom is -0.365 e. The Labute approximate surface area is 164 Å². The lowest BCUT2D eigenvalue weighted by molar-refractivity contribution is -0.233. The number of benzene rings is 1. The molecule has 0 spiro atoms. The smallest absolute Gasteiger partial charge is 0.365 e. The topological polar surface area (TPSA) is 60.2 Å². The number of amides is 1. The highest BCUT2D eigenvalue weighted by Crippen LogP contribution is 2.26. The van der Waals surface area contributed by atoms with Crippen LogP contribution in [0.3, 0.4) is 0 Å². The summed E-state index contributed by atoms with van der Waals surface area (Å²) in [6.07, 6.45) is -2.61. The van der Waals surface area contributed by atoms with Crippen LogP contribution >= 0.6 is 0 Å². The fraction of sp³-hybridized carbons (Fsp3) is 0.350. The molecule has 0 aliphatic carbocycles. The third-order valence-electron chi connectivity index (χ3n) is 4.91. The van der Waals surface area contributed by atoms with Crippen LogP contribution in [0.2, 0.25) is 0 Å². The van der Waals surface area contributed by atoms with Gasteiger partial charge in [0.15, 0.2) is 11.8 Å². The van der Waals surface area contributed by atoms with E-state index in [2.05, 4.69) is 9.97 Å². The van der Waals surface area contributed by atoms with Crippen LogP contribution in [0.25, 0.3) is 11.2 Å². The van der Waals surface area contributed by atoms with Gasteiger partial charge in [-0.05, 0) is 18.1 Å². The van der Waals surface area contributed by atoms with Crippen LogP contribution < -0.4 is 0 Å². The maximum absolute atomic E-state index is 12.9. The molecule has 152 valence electrons. The number of alkyl halides is 3. The number of imidazole rings is 1. The Morgan fingerprint density at radius 3 is 2.76 bits per heavy atom. The number of carbonyl (C=O) groups is 1. The summed E-state index contributed by atoms with van der Waals surface area (Å²) in [6.45, 7) is 0.109. The first-order chi connectivity index (χ1) is 13.9. The highest BCUT2D eigenvalue weighted by molar-refractivity contribution is 5.96. The van der Waals surface area contributed by atoms with Crippen molar-refractivity contribution in [2.45, 2.75) is 25.2 Å². The molecule has 2 aromatic heterocycles. The second-order valence-corrected chi connectivity index (χ2v) is 6.89. The number of pyridine rings is 1. The first-order valence-electron chi connectivity index (χ1n) is 9.24. The van der Waals surface area contributed by atoms with Gasteiger partial charge in [0.05, 0.1) is 25.0 Å².